The summed E-state index contributed by atoms with van der Waals surface area (Å²) in [5, 5.41) is 7.97. The molecule has 0 amide bonds. The number of hydrogen-bond donors (Lipinski definition) is 0. The van der Waals surface area contributed by atoms with Crippen LogP contribution in [-0.4, -0.2) is 24.5 Å². The molecule has 0 fully saturated rings. The van der Waals surface area contributed by atoms with Gasteiger partial charge < -0.3 is 4.57 Å². The molecule has 0 unspecified atom stereocenters. The predicted molar refractivity (Wildman–Crippen MR) is 58.4 cm³/mol. The van der Waals surface area contributed by atoms with Gasteiger partial charge in [-0.25, -0.2) is 4.98 Å². The van der Waals surface area contributed by atoms with Crippen LogP contribution in [-0.2, 0) is 13.1 Å². The van der Waals surface area contributed by atoms with E-state index in [4.69, 9.17) is 0 Å². The van der Waals surface area contributed by atoms with E-state index in [1.807, 2.05) is 42.4 Å². The molecule has 2 aromatic heterocycles. The summed E-state index contributed by atoms with van der Waals surface area (Å²) < 4.78 is 3.77. The minimum absolute atomic E-state index is 0.736. The van der Waals surface area contributed by atoms with Crippen LogP contribution in [0, 0.1) is 0 Å². The van der Waals surface area contributed by atoms with Crippen LogP contribution in [0.25, 0.3) is 0 Å². The van der Waals surface area contributed by atoms with E-state index < -0.39 is 0 Å². The fourth-order valence-corrected chi connectivity index (χ4v) is 1.13. The highest BCUT2D eigenvalue weighted by Gasteiger charge is 1.99. The lowest BCUT2D eigenvalue weighted by molar-refractivity contribution is 0.626. The summed E-state index contributed by atoms with van der Waals surface area (Å²) in [6.07, 6.45) is 7.38. The maximum Gasteiger partial charge on any atom is 0.102 e. The summed E-state index contributed by atoms with van der Waals surface area (Å²) in [6.45, 7) is 7.63. The van der Waals surface area contributed by atoms with Crippen molar-refractivity contribution >= 4 is 0 Å². The molecule has 5 nitrogen and oxygen atoms in total. The highest BCUT2D eigenvalue weighted by molar-refractivity contribution is 4.94. The van der Waals surface area contributed by atoms with Crippen molar-refractivity contribution in [2.24, 2.45) is 0 Å². The van der Waals surface area contributed by atoms with Gasteiger partial charge in [0.05, 0.1) is 19.1 Å². The summed E-state index contributed by atoms with van der Waals surface area (Å²) >= 11 is 0. The van der Waals surface area contributed by atoms with Crippen LogP contribution >= 0.6 is 0 Å². The number of aryl methyl sites for hydroxylation is 1. The maximum absolute atomic E-state index is 4.03. The van der Waals surface area contributed by atoms with E-state index in [0.717, 1.165) is 18.8 Å². The Kier molecular flexibility index (Phi) is 4.53. The van der Waals surface area contributed by atoms with Crippen LogP contribution in [0.5, 0.6) is 0 Å². The van der Waals surface area contributed by atoms with Crippen molar-refractivity contribution in [2.45, 2.75) is 33.9 Å². The topological polar surface area (TPSA) is 48.5 Å². The van der Waals surface area contributed by atoms with E-state index in [9.17, 15) is 0 Å². The van der Waals surface area contributed by atoms with Gasteiger partial charge in [-0.1, -0.05) is 19.1 Å². The lowest BCUT2D eigenvalue weighted by Crippen LogP contribution is -1.96. The fraction of sp³-hybridized carbons (Fsp3) is 0.500. The normalized spacial score (nSPS) is 9.53. The quantitative estimate of drug-likeness (QED) is 0.767. The van der Waals surface area contributed by atoms with Gasteiger partial charge in [-0.3, -0.25) is 4.68 Å². The standard InChI is InChI=1S/C8H11N5.C2H6/c1-2-13-6-8(10-11-13)5-12-4-3-9-7-12;1-2/h3-4,6-7H,2,5H2,1H3;1-2H3. The number of aromatic nitrogens is 5. The van der Waals surface area contributed by atoms with Gasteiger partial charge >= 0.3 is 0 Å². The average molecular weight is 207 g/mol. The summed E-state index contributed by atoms with van der Waals surface area (Å²) in [7, 11) is 0. The molecule has 0 N–H and O–H groups in total. The lowest BCUT2D eigenvalue weighted by atomic mass is 10.5. The van der Waals surface area contributed by atoms with Crippen LogP contribution in [0.3, 0.4) is 0 Å². The Morgan fingerprint density at radius 2 is 2.13 bits per heavy atom. The Labute approximate surface area is 89.8 Å². The Hall–Kier alpha value is -1.65. The van der Waals surface area contributed by atoms with Gasteiger partial charge in [0, 0.05) is 18.9 Å². The molecular formula is C10H17N5. The van der Waals surface area contributed by atoms with Crippen molar-refractivity contribution in [1.29, 1.82) is 0 Å². The Morgan fingerprint density at radius 3 is 2.67 bits per heavy atom. The minimum Gasteiger partial charge on any atom is -0.331 e. The van der Waals surface area contributed by atoms with E-state index in [-0.39, 0.29) is 0 Å². The molecule has 15 heavy (non-hydrogen) atoms. The predicted octanol–water partition coefficient (Wildman–Crippen LogP) is 1.57. The van der Waals surface area contributed by atoms with Gasteiger partial charge in [0.1, 0.15) is 5.69 Å². The monoisotopic (exact) mass is 207 g/mol. The van der Waals surface area contributed by atoms with Crippen LogP contribution in [0.15, 0.2) is 24.9 Å². The molecule has 2 heterocycles. The zero-order valence-electron chi connectivity index (χ0n) is 9.46. The van der Waals surface area contributed by atoms with Gasteiger partial charge in [-0.15, -0.1) is 5.10 Å². The highest BCUT2D eigenvalue weighted by atomic mass is 15.4. The molecule has 0 saturated heterocycles. The van der Waals surface area contributed by atoms with Crippen molar-refractivity contribution in [3.63, 3.8) is 0 Å². The first kappa shape index (κ1) is 11.4. The molecule has 0 bridgehead atoms. The molecule has 2 rings (SSSR count). The largest absolute Gasteiger partial charge is 0.331 e. The molecule has 0 aliphatic carbocycles. The molecule has 5 heteroatoms. The van der Waals surface area contributed by atoms with Gasteiger partial charge in [0.25, 0.3) is 0 Å². The van der Waals surface area contributed by atoms with Crippen molar-refractivity contribution in [2.75, 3.05) is 0 Å². The van der Waals surface area contributed by atoms with E-state index in [0.29, 0.717) is 0 Å². The first-order chi connectivity index (χ1) is 7.38. The molecule has 0 atom stereocenters. The molecule has 0 saturated carbocycles. The molecule has 0 aromatic carbocycles. The first-order valence-corrected chi connectivity index (χ1v) is 5.23. The number of hydrogen-bond acceptors (Lipinski definition) is 3. The third-order valence-electron chi connectivity index (χ3n) is 1.81. The van der Waals surface area contributed by atoms with Crippen LogP contribution < -0.4 is 0 Å². The van der Waals surface area contributed by atoms with E-state index in [1.54, 1.807) is 12.5 Å². The third-order valence-corrected chi connectivity index (χ3v) is 1.81. The second-order valence-corrected chi connectivity index (χ2v) is 2.80. The second-order valence-electron chi connectivity index (χ2n) is 2.80. The Balaban J connectivity index is 0.000000531. The summed E-state index contributed by atoms with van der Waals surface area (Å²) in [4.78, 5) is 3.95. The average Bonchev–Trinajstić information content (AvgIpc) is 2.93. The van der Waals surface area contributed by atoms with Gasteiger partial charge in [-0.2, -0.15) is 0 Å². The fourth-order valence-electron chi connectivity index (χ4n) is 1.13. The molecule has 0 radical (unpaired) electrons. The molecule has 82 valence electrons. The van der Waals surface area contributed by atoms with E-state index in [2.05, 4.69) is 15.3 Å². The molecule has 0 aliphatic heterocycles. The van der Waals surface area contributed by atoms with E-state index >= 15 is 0 Å². The Bertz CT molecular complexity index is 363. The van der Waals surface area contributed by atoms with Crippen molar-refractivity contribution in [3.8, 4) is 0 Å². The minimum atomic E-state index is 0.736. The summed E-state index contributed by atoms with van der Waals surface area (Å²) in [5.41, 5.74) is 0.958. The second kappa shape index (κ2) is 5.95. The molecule has 0 spiro atoms. The highest BCUT2D eigenvalue weighted by Crippen LogP contribution is 1.97. The smallest absolute Gasteiger partial charge is 0.102 e. The van der Waals surface area contributed by atoms with Crippen molar-refractivity contribution in [1.82, 2.24) is 24.5 Å². The lowest BCUT2D eigenvalue weighted by Gasteiger charge is -1.95. The SMILES string of the molecule is CC.CCn1cc(Cn2ccnc2)nn1. The Morgan fingerprint density at radius 1 is 1.33 bits per heavy atom. The van der Waals surface area contributed by atoms with Crippen LogP contribution in [0.1, 0.15) is 26.5 Å². The first-order valence-electron chi connectivity index (χ1n) is 5.23. The number of rotatable bonds is 3. The van der Waals surface area contributed by atoms with Crippen molar-refractivity contribution < 1.29 is 0 Å². The zero-order chi connectivity index (χ0) is 11.1. The van der Waals surface area contributed by atoms with Gasteiger partial charge in [-0.05, 0) is 6.92 Å². The van der Waals surface area contributed by atoms with Gasteiger partial charge in [0.2, 0.25) is 0 Å². The molecule has 0 aliphatic rings. The van der Waals surface area contributed by atoms with Gasteiger partial charge in [0.15, 0.2) is 0 Å². The van der Waals surface area contributed by atoms with Crippen LogP contribution in [0.4, 0.5) is 0 Å². The number of nitrogens with zero attached hydrogens (tertiary/aromatic N) is 5. The summed E-state index contributed by atoms with van der Waals surface area (Å²) in [5.74, 6) is 0. The maximum atomic E-state index is 4.03. The summed E-state index contributed by atoms with van der Waals surface area (Å²) in [6, 6.07) is 0. The van der Waals surface area contributed by atoms with Crippen molar-refractivity contribution in [3.05, 3.63) is 30.6 Å². The molecule has 2 aromatic rings. The third kappa shape index (κ3) is 3.19. The van der Waals surface area contributed by atoms with Crippen LogP contribution in [0.2, 0.25) is 0 Å². The number of imidazole rings is 1. The zero-order valence-corrected chi connectivity index (χ0v) is 9.46. The van der Waals surface area contributed by atoms with E-state index in [1.165, 1.54) is 0 Å². The molecular weight excluding hydrogens is 190 g/mol.